The lowest BCUT2D eigenvalue weighted by Crippen LogP contribution is -2.45. The van der Waals surface area contributed by atoms with E-state index in [2.05, 4.69) is 30.8 Å². The van der Waals surface area contributed by atoms with Crippen LogP contribution in [0.4, 0.5) is 10.1 Å². The second-order valence-electron chi connectivity index (χ2n) is 8.63. The van der Waals surface area contributed by atoms with Crippen LogP contribution in [0.2, 0.25) is 5.02 Å². The van der Waals surface area contributed by atoms with Crippen LogP contribution in [0, 0.1) is 5.82 Å². The van der Waals surface area contributed by atoms with Gasteiger partial charge in [0.15, 0.2) is 5.82 Å². The van der Waals surface area contributed by atoms with Crippen LogP contribution in [0.5, 0.6) is 0 Å². The molecule has 3 heterocycles. The van der Waals surface area contributed by atoms with Gasteiger partial charge in [0.1, 0.15) is 17.4 Å². The van der Waals surface area contributed by atoms with Crippen molar-refractivity contribution in [3.63, 3.8) is 0 Å². The van der Waals surface area contributed by atoms with E-state index in [1.807, 2.05) is 0 Å². The maximum Gasteiger partial charge on any atom is 0.352 e. The zero-order valence-electron chi connectivity index (χ0n) is 20.0. The number of pyridine rings is 1. The van der Waals surface area contributed by atoms with E-state index in [0.29, 0.717) is 16.6 Å². The van der Waals surface area contributed by atoms with E-state index in [0.717, 1.165) is 5.56 Å². The first kappa shape index (κ1) is 25.6. The second kappa shape index (κ2) is 10.8. The van der Waals surface area contributed by atoms with Crippen molar-refractivity contribution in [2.24, 2.45) is 0 Å². The average molecular weight is 547 g/mol. The third kappa shape index (κ3) is 5.63. The first-order valence-electron chi connectivity index (χ1n) is 11.6. The summed E-state index contributed by atoms with van der Waals surface area (Å²) in [6.07, 6.45) is 3.30. The number of aromatic nitrogens is 4. The predicted molar refractivity (Wildman–Crippen MR) is 142 cm³/mol. The Morgan fingerprint density at radius 2 is 1.82 bits per heavy atom. The molecule has 5 N–H and O–H groups in total. The van der Waals surface area contributed by atoms with Crippen molar-refractivity contribution in [1.29, 1.82) is 0 Å². The van der Waals surface area contributed by atoms with Crippen LogP contribution >= 0.6 is 11.6 Å². The largest absolute Gasteiger partial charge is 0.477 e. The number of amides is 2. The molecular formula is C27H20ClFN6O4. The Balaban J connectivity index is 1.37. The maximum absolute atomic E-state index is 14.4. The second-order valence-corrected chi connectivity index (χ2v) is 9.04. The van der Waals surface area contributed by atoms with Crippen LogP contribution in [0.3, 0.4) is 0 Å². The van der Waals surface area contributed by atoms with Gasteiger partial charge in [-0.1, -0.05) is 17.7 Å². The smallest absolute Gasteiger partial charge is 0.352 e. The summed E-state index contributed by atoms with van der Waals surface area (Å²) in [6, 6.07) is 14.6. The van der Waals surface area contributed by atoms with Crippen LogP contribution in [0.1, 0.15) is 26.5 Å². The van der Waals surface area contributed by atoms with Gasteiger partial charge in [0.2, 0.25) is 5.91 Å². The fraction of sp³-hybridized carbons (Fsp3) is 0.0741. The van der Waals surface area contributed by atoms with Gasteiger partial charge in [0, 0.05) is 41.0 Å². The Kier molecular flexibility index (Phi) is 7.06. The SMILES string of the molecule is O=C(O)c1cc2cc(NC(=O)C(Cc3ccncc3)NC(=O)c3cc(-c4cccc(Cl)c4F)n[nH]3)ccc2[nH]1. The Hall–Kier alpha value is -5.03. The monoisotopic (exact) mass is 546 g/mol. The number of hydrogen-bond acceptors (Lipinski definition) is 5. The van der Waals surface area contributed by atoms with Gasteiger partial charge < -0.3 is 20.7 Å². The van der Waals surface area contributed by atoms with Crippen molar-refractivity contribution in [1.82, 2.24) is 25.5 Å². The number of aromatic amines is 2. The number of hydrogen-bond donors (Lipinski definition) is 5. The van der Waals surface area contributed by atoms with Crippen molar-refractivity contribution in [3.05, 3.63) is 101 Å². The van der Waals surface area contributed by atoms with Gasteiger partial charge in [0.05, 0.1) is 10.7 Å². The number of fused-ring (bicyclic) bond motifs is 1. The van der Waals surface area contributed by atoms with Crippen LogP contribution in [0.15, 0.2) is 73.1 Å². The van der Waals surface area contributed by atoms with Gasteiger partial charge in [-0.05, 0) is 60.2 Å². The van der Waals surface area contributed by atoms with E-state index < -0.39 is 29.6 Å². The molecule has 5 aromatic rings. The first-order valence-corrected chi connectivity index (χ1v) is 12.0. The molecule has 0 bridgehead atoms. The molecule has 0 aliphatic carbocycles. The molecule has 5 rings (SSSR count). The third-order valence-corrected chi connectivity index (χ3v) is 6.27. The molecule has 10 nitrogen and oxygen atoms in total. The van der Waals surface area contributed by atoms with E-state index in [-0.39, 0.29) is 34.1 Å². The molecule has 196 valence electrons. The number of nitrogens with one attached hydrogen (secondary N) is 4. The number of carboxylic acid groups (broad SMARTS) is 1. The molecule has 39 heavy (non-hydrogen) atoms. The number of H-pyrrole nitrogens is 2. The van der Waals surface area contributed by atoms with E-state index in [4.69, 9.17) is 11.6 Å². The number of aromatic carboxylic acids is 1. The van der Waals surface area contributed by atoms with Crippen LogP contribution < -0.4 is 10.6 Å². The van der Waals surface area contributed by atoms with E-state index in [9.17, 15) is 23.9 Å². The number of carboxylic acids is 1. The summed E-state index contributed by atoms with van der Waals surface area (Å²) >= 11 is 5.86. The molecule has 0 radical (unpaired) electrons. The summed E-state index contributed by atoms with van der Waals surface area (Å²) in [7, 11) is 0. The molecule has 0 saturated carbocycles. The lowest BCUT2D eigenvalue weighted by Gasteiger charge is -2.18. The highest BCUT2D eigenvalue weighted by molar-refractivity contribution is 6.31. The number of carbonyl (C=O) groups is 3. The van der Waals surface area contributed by atoms with Gasteiger partial charge >= 0.3 is 5.97 Å². The highest BCUT2D eigenvalue weighted by Gasteiger charge is 2.24. The van der Waals surface area contributed by atoms with Crippen molar-refractivity contribution in [3.8, 4) is 11.3 Å². The highest BCUT2D eigenvalue weighted by atomic mass is 35.5. The maximum atomic E-state index is 14.4. The van der Waals surface area contributed by atoms with Gasteiger partial charge in [0.25, 0.3) is 5.91 Å². The summed E-state index contributed by atoms with van der Waals surface area (Å²) in [5.41, 5.74) is 2.10. The van der Waals surface area contributed by atoms with Gasteiger partial charge in [-0.2, -0.15) is 5.10 Å². The van der Waals surface area contributed by atoms with Gasteiger partial charge in [-0.15, -0.1) is 0 Å². The number of halogens is 2. The zero-order chi connectivity index (χ0) is 27.5. The minimum Gasteiger partial charge on any atom is -0.477 e. The molecule has 1 atom stereocenters. The normalized spacial score (nSPS) is 11.7. The van der Waals surface area contributed by atoms with Gasteiger partial charge in [-0.25, -0.2) is 9.18 Å². The lowest BCUT2D eigenvalue weighted by atomic mass is 10.1. The molecule has 0 saturated heterocycles. The quantitative estimate of drug-likeness (QED) is 0.194. The first-order chi connectivity index (χ1) is 18.8. The highest BCUT2D eigenvalue weighted by Crippen LogP contribution is 2.26. The van der Waals surface area contributed by atoms with Crippen molar-refractivity contribution < 1.29 is 23.9 Å². The van der Waals surface area contributed by atoms with Crippen LogP contribution in [-0.2, 0) is 11.2 Å². The molecular weight excluding hydrogens is 527 g/mol. The number of carbonyl (C=O) groups excluding carboxylic acids is 2. The molecule has 0 fully saturated rings. The molecule has 3 aromatic heterocycles. The summed E-state index contributed by atoms with van der Waals surface area (Å²) in [5.74, 6) is -2.90. The summed E-state index contributed by atoms with van der Waals surface area (Å²) in [6.45, 7) is 0. The van der Waals surface area contributed by atoms with E-state index in [1.165, 1.54) is 24.3 Å². The summed E-state index contributed by atoms with van der Waals surface area (Å²) < 4.78 is 14.4. The minimum atomic E-state index is -1.10. The Bertz CT molecular complexity index is 1700. The molecule has 2 amide bonds. The summed E-state index contributed by atoms with van der Waals surface area (Å²) in [4.78, 5) is 44.4. The van der Waals surface area contributed by atoms with Crippen molar-refractivity contribution >= 4 is 46.0 Å². The number of anilines is 1. The topological polar surface area (TPSA) is 153 Å². The van der Waals surface area contributed by atoms with Crippen LogP contribution in [-0.4, -0.2) is 49.1 Å². The zero-order valence-corrected chi connectivity index (χ0v) is 20.8. The Morgan fingerprint density at radius 1 is 1.03 bits per heavy atom. The molecule has 2 aromatic carbocycles. The predicted octanol–water partition coefficient (Wildman–Crippen LogP) is 4.42. The fourth-order valence-electron chi connectivity index (χ4n) is 4.03. The fourth-order valence-corrected chi connectivity index (χ4v) is 4.21. The van der Waals surface area contributed by atoms with Crippen molar-refractivity contribution in [2.75, 3.05) is 5.32 Å². The lowest BCUT2D eigenvalue weighted by molar-refractivity contribution is -0.118. The Labute approximate surface area is 225 Å². The number of nitrogens with zero attached hydrogens (tertiary/aromatic N) is 2. The van der Waals surface area contributed by atoms with E-state index >= 15 is 0 Å². The molecule has 0 aliphatic rings. The standard InChI is InChI=1S/C27H20ClFN6O4/c28-18-3-1-2-17(24(18)29)20-13-22(35-34-20)26(37)33-21(10-14-6-8-30-9-7-14)25(36)31-16-4-5-19-15(11-16)12-23(32-19)27(38)39/h1-9,11-13,21,32H,10H2,(H,31,36)(H,33,37)(H,34,35)(H,38,39). The van der Waals surface area contributed by atoms with Gasteiger partial charge in [-0.3, -0.25) is 19.7 Å². The van der Waals surface area contributed by atoms with Crippen molar-refractivity contribution in [2.45, 2.75) is 12.5 Å². The Morgan fingerprint density at radius 3 is 2.59 bits per heavy atom. The average Bonchev–Trinajstić information content (AvgIpc) is 3.58. The van der Waals surface area contributed by atoms with Crippen LogP contribution in [0.25, 0.3) is 22.2 Å². The molecule has 0 spiro atoms. The summed E-state index contributed by atoms with van der Waals surface area (Å²) in [5, 5.41) is 21.8. The number of rotatable bonds is 8. The molecule has 12 heteroatoms. The molecule has 1 unspecified atom stereocenters. The van der Waals surface area contributed by atoms with E-state index in [1.54, 1.807) is 48.8 Å². The number of benzene rings is 2. The minimum absolute atomic E-state index is 0.0202. The third-order valence-electron chi connectivity index (χ3n) is 5.98. The molecule has 0 aliphatic heterocycles.